The first kappa shape index (κ1) is 13.7. The summed E-state index contributed by atoms with van der Waals surface area (Å²) in [6.45, 7) is 0.894. The predicted octanol–water partition coefficient (Wildman–Crippen LogP) is 3.54. The van der Waals surface area contributed by atoms with Crippen LogP contribution in [0.25, 0.3) is 0 Å². The zero-order valence-corrected chi connectivity index (χ0v) is 11.3. The summed E-state index contributed by atoms with van der Waals surface area (Å²) in [5.74, 6) is 0.575. The topological polar surface area (TPSA) is 29.3 Å². The standard InChI is InChI=1S/C15H19F3N2/c16-15(17,18)13-7-11(8-19)3-6-14(13)20(12-4-5-12)9-10-1-2-10/h3,6-7,10,12H,1-2,4-5,8-9,19H2. The van der Waals surface area contributed by atoms with E-state index in [1.807, 2.05) is 4.90 Å². The van der Waals surface area contributed by atoms with Crippen molar-refractivity contribution in [3.05, 3.63) is 29.3 Å². The molecule has 110 valence electrons. The molecule has 0 bridgehead atoms. The maximum atomic E-state index is 13.3. The van der Waals surface area contributed by atoms with Gasteiger partial charge in [0, 0.05) is 24.8 Å². The largest absolute Gasteiger partial charge is 0.418 e. The fourth-order valence-corrected chi connectivity index (χ4v) is 2.60. The van der Waals surface area contributed by atoms with Crippen LogP contribution >= 0.6 is 0 Å². The van der Waals surface area contributed by atoms with Gasteiger partial charge >= 0.3 is 6.18 Å². The molecule has 2 aliphatic rings. The van der Waals surface area contributed by atoms with Crippen molar-refractivity contribution in [1.29, 1.82) is 0 Å². The van der Waals surface area contributed by atoms with Gasteiger partial charge in [-0.05, 0) is 49.3 Å². The molecule has 0 unspecified atom stereocenters. The molecular formula is C15H19F3N2. The lowest BCUT2D eigenvalue weighted by Gasteiger charge is -2.28. The van der Waals surface area contributed by atoms with Crippen LogP contribution in [-0.2, 0) is 12.7 Å². The Morgan fingerprint density at radius 3 is 2.35 bits per heavy atom. The Labute approximate surface area is 116 Å². The highest BCUT2D eigenvalue weighted by Gasteiger charge is 2.40. The van der Waals surface area contributed by atoms with Crippen LogP contribution in [0.1, 0.15) is 36.8 Å². The number of nitrogens with two attached hydrogens (primary N) is 1. The second kappa shape index (κ2) is 4.95. The molecular weight excluding hydrogens is 265 g/mol. The van der Waals surface area contributed by atoms with Gasteiger partial charge in [-0.1, -0.05) is 6.07 Å². The van der Waals surface area contributed by atoms with Crippen LogP contribution < -0.4 is 10.6 Å². The van der Waals surface area contributed by atoms with Crippen molar-refractivity contribution >= 4 is 5.69 Å². The fourth-order valence-electron chi connectivity index (χ4n) is 2.60. The van der Waals surface area contributed by atoms with E-state index >= 15 is 0 Å². The Bertz CT molecular complexity index is 490. The minimum Gasteiger partial charge on any atom is -0.368 e. The summed E-state index contributed by atoms with van der Waals surface area (Å²) in [5, 5.41) is 0. The van der Waals surface area contributed by atoms with Gasteiger partial charge in [0.1, 0.15) is 0 Å². The molecule has 2 N–H and O–H groups in total. The van der Waals surface area contributed by atoms with Crippen molar-refractivity contribution < 1.29 is 13.2 Å². The van der Waals surface area contributed by atoms with E-state index in [-0.39, 0.29) is 6.54 Å². The second-order valence-electron chi connectivity index (χ2n) is 5.88. The number of benzene rings is 1. The number of nitrogens with zero attached hydrogens (tertiary/aromatic N) is 1. The Morgan fingerprint density at radius 1 is 1.15 bits per heavy atom. The molecule has 0 heterocycles. The third kappa shape index (κ3) is 2.92. The summed E-state index contributed by atoms with van der Waals surface area (Å²) in [4.78, 5) is 1.97. The van der Waals surface area contributed by atoms with Crippen LogP contribution in [0.4, 0.5) is 18.9 Å². The SMILES string of the molecule is NCc1ccc(N(CC2CC2)C2CC2)c(C(F)(F)F)c1. The molecule has 0 saturated heterocycles. The number of hydrogen-bond acceptors (Lipinski definition) is 2. The van der Waals surface area contributed by atoms with Gasteiger partial charge in [0.15, 0.2) is 0 Å². The lowest BCUT2D eigenvalue weighted by molar-refractivity contribution is -0.137. The van der Waals surface area contributed by atoms with E-state index < -0.39 is 11.7 Å². The van der Waals surface area contributed by atoms with Gasteiger partial charge in [-0.15, -0.1) is 0 Å². The highest BCUT2D eigenvalue weighted by Crippen LogP contribution is 2.43. The molecule has 0 amide bonds. The first-order valence-electron chi connectivity index (χ1n) is 7.16. The van der Waals surface area contributed by atoms with Gasteiger partial charge in [0.05, 0.1) is 5.56 Å². The van der Waals surface area contributed by atoms with Gasteiger partial charge in [-0.2, -0.15) is 13.2 Å². The lowest BCUT2D eigenvalue weighted by atomic mass is 10.1. The van der Waals surface area contributed by atoms with Gasteiger partial charge in [-0.25, -0.2) is 0 Å². The lowest BCUT2D eigenvalue weighted by Crippen LogP contribution is -2.30. The molecule has 20 heavy (non-hydrogen) atoms. The summed E-state index contributed by atoms with van der Waals surface area (Å²) in [6.07, 6.45) is -0.0283. The van der Waals surface area contributed by atoms with Crippen LogP contribution in [0.2, 0.25) is 0 Å². The summed E-state index contributed by atoms with van der Waals surface area (Å²) in [7, 11) is 0. The number of rotatable bonds is 5. The Kier molecular flexibility index (Phi) is 3.40. The van der Waals surface area contributed by atoms with Crippen molar-refractivity contribution in [1.82, 2.24) is 0 Å². The average molecular weight is 284 g/mol. The van der Waals surface area contributed by atoms with E-state index in [9.17, 15) is 13.2 Å². The highest BCUT2D eigenvalue weighted by atomic mass is 19.4. The first-order valence-corrected chi connectivity index (χ1v) is 7.16. The molecule has 0 aliphatic heterocycles. The summed E-state index contributed by atoms with van der Waals surface area (Å²) < 4.78 is 39.9. The minimum atomic E-state index is -4.32. The normalized spacial score (nSPS) is 19.2. The molecule has 0 spiro atoms. The smallest absolute Gasteiger partial charge is 0.368 e. The third-order valence-electron chi connectivity index (χ3n) is 4.05. The molecule has 2 saturated carbocycles. The van der Waals surface area contributed by atoms with E-state index in [0.717, 1.165) is 32.2 Å². The van der Waals surface area contributed by atoms with Crippen LogP contribution in [0, 0.1) is 5.92 Å². The zero-order chi connectivity index (χ0) is 14.3. The predicted molar refractivity (Wildman–Crippen MR) is 72.4 cm³/mol. The zero-order valence-electron chi connectivity index (χ0n) is 11.3. The molecule has 0 aromatic heterocycles. The molecule has 1 aromatic rings. The van der Waals surface area contributed by atoms with Gasteiger partial charge < -0.3 is 10.6 Å². The molecule has 2 aliphatic carbocycles. The van der Waals surface area contributed by atoms with E-state index in [1.165, 1.54) is 6.07 Å². The third-order valence-corrected chi connectivity index (χ3v) is 4.05. The highest BCUT2D eigenvalue weighted by molar-refractivity contribution is 5.58. The van der Waals surface area contributed by atoms with Gasteiger partial charge in [0.25, 0.3) is 0 Å². The number of hydrogen-bond donors (Lipinski definition) is 1. The Balaban J connectivity index is 1.96. The fraction of sp³-hybridized carbons (Fsp3) is 0.600. The van der Waals surface area contributed by atoms with Gasteiger partial charge in [0.2, 0.25) is 0 Å². The molecule has 0 radical (unpaired) electrons. The summed E-state index contributed by atoms with van der Waals surface area (Å²) in [6, 6.07) is 4.82. The monoisotopic (exact) mass is 284 g/mol. The van der Waals surface area contributed by atoms with Crippen LogP contribution in [0.3, 0.4) is 0 Å². The Morgan fingerprint density at radius 2 is 1.85 bits per heavy atom. The van der Waals surface area contributed by atoms with Crippen LogP contribution in [0.5, 0.6) is 0 Å². The minimum absolute atomic E-state index is 0.134. The van der Waals surface area contributed by atoms with Crippen molar-refractivity contribution in [3.8, 4) is 0 Å². The van der Waals surface area contributed by atoms with Crippen molar-refractivity contribution in [2.45, 2.75) is 44.4 Å². The number of anilines is 1. The molecule has 0 atom stereocenters. The number of halogens is 3. The first-order chi connectivity index (χ1) is 9.49. The molecule has 3 rings (SSSR count). The quantitative estimate of drug-likeness (QED) is 0.896. The van der Waals surface area contributed by atoms with Crippen molar-refractivity contribution in [3.63, 3.8) is 0 Å². The number of alkyl halides is 3. The van der Waals surface area contributed by atoms with Crippen molar-refractivity contribution in [2.75, 3.05) is 11.4 Å². The summed E-state index contributed by atoms with van der Waals surface area (Å²) >= 11 is 0. The maximum absolute atomic E-state index is 13.3. The van der Waals surface area contributed by atoms with Crippen LogP contribution in [0.15, 0.2) is 18.2 Å². The Hall–Kier alpha value is -1.23. The second-order valence-corrected chi connectivity index (χ2v) is 5.88. The molecule has 5 heteroatoms. The van der Waals surface area contributed by atoms with Crippen LogP contribution in [-0.4, -0.2) is 12.6 Å². The molecule has 2 fully saturated rings. The van der Waals surface area contributed by atoms with E-state index in [2.05, 4.69) is 0 Å². The van der Waals surface area contributed by atoms with E-state index in [4.69, 9.17) is 5.73 Å². The average Bonchev–Trinajstić information content (AvgIpc) is 3.26. The van der Waals surface area contributed by atoms with Crippen molar-refractivity contribution in [2.24, 2.45) is 11.7 Å². The van der Waals surface area contributed by atoms with E-state index in [1.54, 1.807) is 12.1 Å². The summed E-state index contributed by atoms with van der Waals surface area (Å²) in [5.41, 5.74) is 5.80. The molecule has 2 nitrogen and oxygen atoms in total. The van der Waals surface area contributed by atoms with Gasteiger partial charge in [-0.3, -0.25) is 0 Å². The molecule has 1 aromatic carbocycles. The maximum Gasteiger partial charge on any atom is 0.418 e. The van der Waals surface area contributed by atoms with E-state index in [0.29, 0.717) is 23.2 Å².